The maximum atomic E-state index is 12.6. The first kappa shape index (κ1) is 20.5. The van der Waals surface area contributed by atoms with Crippen molar-refractivity contribution in [1.29, 1.82) is 0 Å². The number of benzene rings is 2. The summed E-state index contributed by atoms with van der Waals surface area (Å²) in [6, 6.07) is 14.9. The minimum Gasteiger partial charge on any atom is -0.379 e. The zero-order valence-corrected chi connectivity index (χ0v) is 17.2. The highest BCUT2D eigenvalue weighted by Gasteiger charge is 2.23. The molecule has 1 aliphatic heterocycles. The number of ether oxygens (including phenoxy) is 1. The summed E-state index contributed by atoms with van der Waals surface area (Å²) in [6.07, 6.45) is 1.61. The van der Waals surface area contributed by atoms with Crippen molar-refractivity contribution in [3.63, 3.8) is 0 Å². The fraction of sp³-hybridized carbons (Fsp3) is 0.318. The molecule has 1 fully saturated rings. The Bertz CT molecular complexity index is 1080. The van der Waals surface area contributed by atoms with Gasteiger partial charge < -0.3 is 10.1 Å². The molecule has 0 saturated carbocycles. The fourth-order valence-corrected chi connectivity index (χ4v) is 3.80. The summed E-state index contributed by atoms with van der Waals surface area (Å²) in [6.45, 7) is 3.19. The minimum atomic E-state index is -0.273. The van der Waals surface area contributed by atoms with Crippen LogP contribution in [0.1, 0.15) is 11.6 Å². The van der Waals surface area contributed by atoms with Crippen LogP contribution in [0.3, 0.4) is 0 Å². The smallest absolute Gasteiger partial charge is 0.275 e. The molecule has 1 saturated heterocycles. The van der Waals surface area contributed by atoms with E-state index in [0.29, 0.717) is 30.2 Å². The van der Waals surface area contributed by atoms with E-state index in [1.807, 2.05) is 36.4 Å². The molecule has 1 aliphatic rings. The second-order valence-electron chi connectivity index (χ2n) is 7.21. The average molecular weight is 427 g/mol. The van der Waals surface area contributed by atoms with Crippen molar-refractivity contribution in [3.8, 4) is 0 Å². The van der Waals surface area contributed by atoms with Crippen molar-refractivity contribution < 1.29 is 9.53 Å². The van der Waals surface area contributed by atoms with Gasteiger partial charge in [-0.15, -0.1) is 0 Å². The van der Waals surface area contributed by atoms with Gasteiger partial charge in [0.25, 0.3) is 5.56 Å². The van der Waals surface area contributed by atoms with Crippen LogP contribution in [0.15, 0.2) is 59.5 Å². The number of nitrogens with one attached hydrogen (secondary N) is 1. The van der Waals surface area contributed by atoms with E-state index in [2.05, 4.69) is 15.3 Å². The molecule has 1 amide bonds. The van der Waals surface area contributed by atoms with Crippen LogP contribution < -0.4 is 10.9 Å². The molecule has 1 aromatic heterocycles. The summed E-state index contributed by atoms with van der Waals surface area (Å²) in [7, 11) is 0. The van der Waals surface area contributed by atoms with E-state index < -0.39 is 0 Å². The topological polar surface area (TPSA) is 76.5 Å². The SMILES string of the molecule is O=C(Cn1ncc2ccccc2c1=O)NCC(c1ccc(Cl)cc1)N1CCOCC1. The third kappa shape index (κ3) is 4.70. The number of nitrogens with zero attached hydrogens (tertiary/aromatic N) is 3. The number of aromatic nitrogens is 2. The summed E-state index contributed by atoms with van der Waals surface area (Å²) >= 11 is 6.03. The first-order valence-corrected chi connectivity index (χ1v) is 10.3. The Balaban J connectivity index is 1.46. The lowest BCUT2D eigenvalue weighted by molar-refractivity contribution is -0.122. The number of hydrogen-bond donors (Lipinski definition) is 1. The highest BCUT2D eigenvalue weighted by Crippen LogP contribution is 2.23. The maximum Gasteiger partial charge on any atom is 0.275 e. The lowest BCUT2D eigenvalue weighted by atomic mass is 10.0. The van der Waals surface area contributed by atoms with Gasteiger partial charge in [0.2, 0.25) is 5.91 Å². The lowest BCUT2D eigenvalue weighted by Gasteiger charge is -2.35. The zero-order valence-electron chi connectivity index (χ0n) is 16.5. The summed E-state index contributed by atoms with van der Waals surface area (Å²) in [5.74, 6) is -0.257. The molecule has 30 heavy (non-hydrogen) atoms. The van der Waals surface area contributed by atoms with Crippen LogP contribution in [0.2, 0.25) is 5.02 Å². The van der Waals surface area contributed by atoms with Crippen LogP contribution in [0, 0.1) is 0 Å². The maximum absolute atomic E-state index is 12.6. The van der Waals surface area contributed by atoms with E-state index >= 15 is 0 Å². The third-order valence-corrected chi connectivity index (χ3v) is 5.54. The van der Waals surface area contributed by atoms with Gasteiger partial charge in [0.15, 0.2) is 0 Å². The van der Waals surface area contributed by atoms with Gasteiger partial charge in [0.05, 0.1) is 30.8 Å². The predicted octanol–water partition coefficient (Wildman–Crippen LogP) is 2.24. The number of rotatable bonds is 6. The van der Waals surface area contributed by atoms with Gasteiger partial charge in [-0.25, -0.2) is 4.68 Å². The Morgan fingerprint density at radius 2 is 1.87 bits per heavy atom. The normalized spacial score (nSPS) is 15.8. The van der Waals surface area contributed by atoms with Crippen molar-refractivity contribution in [2.24, 2.45) is 0 Å². The molecule has 3 aromatic rings. The van der Waals surface area contributed by atoms with Crippen molar-refractivity contribution >= 4 is 28.3 Å². The summed E-state index contributed by atoms with van der Waals surface area (Å²) in [5, 5.41) is 9.07. The van der Waals surface area contributed by atoms with E-state index in [9.17, 15) is 9.59 Å². The summed E-state index contributed by atoms with van der Waals surface area (Å²) < 4.78 is 6.66. The summed E-state index contributed by atoms with van der Waals surface area (Å²) in [4.78, 5) is 27.5. The first-order valence-electron chi connectivity index (χ1n) is 9.90. The minimum absolute atomic E-state index is 0.00333. The molecule has 2 aromatic carbocycles. The van der Waals surface area contributed by atoms with Gasteiger partial charge >= 0.3 is 0 Å². The van der Waals surface area contributed by atoms with Crippen molar-refractivity contribution in [1.82, 2.24) is 20.0 Å². The Morgan fingerprint density at radius 1 is 1.13 bits per heavy atom. The quantitative estimate of drug-likeness (QED) is 0.654. The van der Waals surface area contributed by atoms with Crippen molar-refractivity contribution in [2.45, 2.75) is 12.6 Å². The van der Waals surface area contributed by atoms with Crippen LogP contribution in [-0.2, 0) is 16.1 Å². The monoisotopic (exact) mass is 426 g/mol. The lowest BCUT2D eigenvalue weighted by Crippen LogP contribution is -2.44. The molecule has 0 radical (unpaired) electrons. The molecule has 1 atom stereocenters. The highest BCUT2D eigenvalue weighted by atomic mass is 35.5. The molecule has 0 aliphatic carbocycles. The van der Waals surface area contributed by atoms with Gasteiger partial charge in [-0.2, -0.15) is 5.10 Å². The number of morpholine rings is 1. The predicted molar refractivity (Wildman–Crippen MR) is 116 cm³/mol. The van der Waals surface area contributed by atoms with E-state index in [1.54, 1.807) is 18.3 Å². The third-order valence-electron chi connectivity index (χ3n) is 5.29. The van der Waals surface area contributed by atoms with Gasteiger partial charge in [-0.3, -0.25) is 14.5 Å². The standard InChI is InChI=1S/C22H23ClN4O3/c23-18-7-5-16(6-8-18)20(26-9-11-30-12-10-26)14-24-21(28)15-27-22(29)19-4-2-1-3-17(19)13-25-27/h1-8,13,20H,9-12,14-15H2,(H,24,28). The number of halogens is 1. The molecule has 1 N–H and O–H groups in total. The van der Waals surface area contributed by atoms with E-state index in [1.165, 1.54) is 4.68 Å². The van der Waals surface area contributed by atoms with Crippen LogP contribution in [0.4, 0.5) is 0 Å². The Kier molecular flexibility index (Phi) is 6.42. The molecule has 0 bridgehead atoms. The Morgan fingerprint density at radius 3 is 2.63 bits per heavy atom. The van der Waals surface area contributed by atoms with Crippen LogP contribution in [-0.4, -0.2) is 53.4 Å². The molecular weight excluding hydrogens is 404 g/mol. The molecular formula is C22H23ClN4O3. The zero-order chi connectivity index (χ0) is 20.9. The largest absolute Gasteiger partial charge is 0.379 e. The molecule has 156 valence electrons. The van der Waals surface area contributed by atoms with Crippen LogP contribution >= 0.6 is 11.6 Å². The molecule has 1 unspecified atom stereocenters. The molecule has 7 nitrogen and oxygen atoms in total. The first-order chi connectivity index (χ1) is 14.6. The van der Waals surface area contributed by atoms with Crippen LogP contribution in [0.25, 0.3) is 10.8 Å². The second kappa shape index (κ2) is 9.38. The fourth-order valence-electron chi connectivity index (χ4n) is 3.67. The number of amides is 1. The highest BCUT2D eigenvalue weighted by molar-refractivity contribution is 6.30. The van der Waals surface area contributed by atoms with Gasteiger partial charge in [0, 0.05) is 30.0 Å². The van der Waals surface area contributed by atoms with Gasteiger partial charge in [0.1, 0.15) is 6.54 Å². The van der Waals surface area contributed by atoms with E-state index in [0.717, 1.165) is 24.0 Å². The molecule has 4 rings (SSSR count). The Labute approximate surface area is 179 Å². The Hall–Kier alpha value is -2.74. The number of carbonyl (C=O) groups excluding carboxylic acids is 1. The van der Waals surface area contributed by atoms with E-state index in [4.69, 9.17) is 16.3 Å². The number of carbonyl (C=O) groups is 1. The van der Waals surface area contributed by atoms with Gasteiger partial charge in [-0.05, 0) is 23.8 Å². The van der Waals surface area contributed by atoms with E-state index in [-0.39, 0.29) is 24.1 Å². The van der Waals surface area contributed by atoms with Crippen LogP contribution in [0.5, 0.6) is 0 Å². The van der Waals surface area contributed by atoms with Gasteiger partial charge in [-0.1, -0.05) is 41.9 Å². The molecule has 8 heteroatoms. The average Bonchev–Trinajstić information content (AvgIpc) is 2.78. The van der Waals surface area contributed by atoms with Crippen molar-refractivity contribution in [2.75, 3.05) is 32.8 Å². The number of fused-ring (bicyclic) bond motifs is 1. The second-order valence-corrected chi connectivity index (χ2v) is 7.65. The molecule has 0 spiro atoms. The molecule has 2 heterocycles. The van der Waals surface area contributed by atoms with Crippen molar-refractivity contribution in [3.05, 3.63) is 75.7 Å². The summed E-state index contributed by atoms with van der Waals surface area (Å²) in [5.41, 5.74) is 0.799. The number of hydrogen-bond acceptors (Lipinski definition) is 5.